The highest BCUT2D eigenvalue weighted by atomic mass is 19.1. The Bertz CT molecular complexity index is 499. The van der Waals surface area contributed by atoms with E-state index in [1.807, 2.05) is 6.07 Å². The summed E-state index contributed by atoms with van der Waals surface area (Å²) in [5.74, 6) is -0.688. The lowest BCUT2D eigenvalue weighted by molar-refractivity contribution is -0.642. The molecule has 0 aliphatic heterocycles. The summed E-state index contributed by atoms with van der Waals surface area (Å²) in [4.78, 5) is 11.7. The van der Waals surface area contributed by atoms with Crippen molar-refractivity contribution in [3.8, 4) is 0 Å². The first kappa shape index (κ1) is 10.3. The molecule has 0 aliphatic carbocycles. The molecule has 2 rings (SSSR count). The lowest BCUT2D eigenvalue weighted by atomic mass is 10.2. The van der Waals surface area contributed by atoms with Crippen LogP contribution in [0.1, 0.15) is 10.4 Å². The average Bonchev–Trinajstić information content (AvgIpc) is 2.30. The van der Waals surface area contributed by atoms with Crippen molar-refractivity contribution in [3.05, 3.63) is 66.2 Å². The highest BCUT2D eigenvalue weighted by Crippen LogP contribution is 1.97. The molecule has 0 unspecified atom stereocenters. The van der Waals surface area contributed by atoms with Crippen molar-refractivity contribution in [3.63, 3.8) is 0 Å². The second-order valence-electron chi connectivity index (χ2n) is 3.24. The van der Waals surface area contributed by atoms with E-state index < -0.39 is 5.82 Å². The van der Waals surface area contributed by atoms with Crippen LogP contribution < -0.4 is 10.1 Å². The van der Waals surface area contributed by atoms with Crippen LogP contribution in [-0.4, -0.2) is 5.91 Å². The van der Waals surface area contributed by atoms with Crippen LogP contribution in [0.15, 0.2) is 54.9 Å². The van der Waals surface area contributed by atoms with Gasteiger partial charge in [0, 0.05) is 11.6 Å². The number of hydrogen-bond donors (Lipinski definition) is 1. The molecule has 3 nitrogen and oxygen atoms in total. The summed E-state index contributed by atoms with van der Waals surface area (Å²) in [5.41, 5.74) is 3.06. The molecule has 1 aromatic heterocycles. The van der Waals surface area contributed by atoms with Gasteiger partial charge in [-0.3, -0.25) is 4.79 Å². The van der Waals surface area contributed by atoms with E-state index in [1.165, 1.54) is 23.0 Å². The van der Waals surface area contributed by atoms with Gasteiger partial charge in [-0.1, -0.05) is 22.9 Å². The lowest BCUT2D eigenvalue weighted by Gasteiger charge is -1.98. The van der Waals surface area contributed by atoms with E-state index in [2.05, 4.69) is 5.43 Å². The Labute approximate surface area is 92.1 Å². The fourth-order valence-electron chi connectivity index (χ4n) is 1.29. The van der Waals surface area contributed by atoms with Crippen molar-refractivity contribution in [2.45, 2.75) is 0 Å². The van der Waals surface area contributed by atoms with Crippen molar-refractivity contribution in [2.75, 3.05) is 5.43 Å². The first-order valence-electron chi connectivity index (χ1n) is 4.79. The van der Waals surface area contributed by atoms with Crippen molar-refractivity contribution in [1.82, 2.24) is 0 Å². The third-order valence-corrected chi connectivity index (χ3v) is 2.03. The number of hydrogen-bond acceptors (Lipinski definition) is 1. The molecule has 0 atom stereocenters. The maximum atomic E-state index is 12.8. The molecule has 0 spiro atoms. The van der Waals surface area contributed by atoms with Gasteiger partial charge in [0.2, 0.25) is 6.20 Å². The van der Waals surface area contributed by atoms with Gasteiger partial charge in [-0.15, -0.1) is 5.43 Å². The third-order valence-electron chi connectivity index (χ3n) is 2.03. The van der Waals surface area contributed by atoms with E-state index in [-0.39, 0.29) is 5.91 Å². The molecule has 0 aliphatic rings. The van der Waals surface area contributed by atoms with E-state index in [4.69, 9.17) is 0 Å². The minimum atomic E-state index is -0.407. The predicted molar refractivity (Wildman–Crippen MR) is 56.7 cm³/mol. The van der Waals surface area contributed by atoms with Gasteiger partial charge in [0.25, 0.3) is 0 Å². The van der Waals surface area contributed by atoms with E-state index >= 15 is 0 Å². The van der Waals surface area contributed by atoms with Crippen LogP contribution in [0, 0.1) is 5.82 Å². The molecule has 0 fully saturated rings. The highest BCUT2D eigenvalue weighted by Gasteiger charge is 2.10. The molecule has 4 heteroatoms. The van der Waals surface area contributed by atoms with Gasteiger partial charge in [0.1, 0.15) is 0 Å². The van der Waals surface area contributed by atoms with Crippen LogP contribution in [0.4, 0.5) is 4.39 Å². The van der Waals surface area contributed by atoms with Crippen LogP contribution in [-0.2, 0) is 0 Å². The molecule has 1 heterocycles. The number of carbonyl (C=O) groups excluding carboxylic acids is 1. The number of carbonyl (C=O) groups is 1. The SMILES string of the molecule is O=C(N[n+]1cccc(F)c1)c1ccccc1. The van der Waals surface area contributed by atoms with E-state index in [0.717, 1.165) is 0 Å². The molecule has 16 heavy (non-hydrogen) atoms. The number of nitrogens with zero attached hydrogens (tertiary/aromatic N) is 1. The van der Waals surface area contributed by atoms with Gasteiger partial charge in [-0.2, -0.15) is 0 Å². The highest BCUT2D eigenvalue weighted by molar-refractivity contribution is 5.98. The first-order valence-corrected chi connectivity index (χ1v) is 4.79. The molecule has 0 bridgehead atoms. The topological polar surface area (TPSA) is 33.0 Å². The summed E-state index contributed by atoms with van der Waals surface area (Å²) in [5, 5.41) is 0. The summed E-state index contributed by atoms with van der Waals surface area (Å²) >= 11 is 0. The standard InChI is InChI=1S/C12H9FN2O/c13-11-7-4-8-15(9-11)14-12(16)10-5-2-1-3-6-10/h1-9H/p+1. The molecule has 1 N–H and O–H groups in total. The quantitative estimate of drug-likeness (QED) is 0.760. The molecular weight excluding hydrogens is 207 g/mol. The Morgan fingerprint density at radius 3 is 2.56 bits per heavy atom. The minimum absolute atomic E-state index is 0.281. The molecule has 0 saturated heterocycles. The smallest absolute Gasteiger partial charge is 0.264 e. The second kappa shape index (κ2) is 4.53. The molecular formula is C12H10FN2O+. The molecule has 1 aromatic carbocycles. The average molecular weight is 217 g/mol. The maximum absolute atomic E-state index is 12.8. The Balaban J connectivity index is 2.14. The summed E-state index contributed by atoms with van der Waals surface area (Å²) in [7, 11) is 0. The first-order chi connectivity index (χ1) is 7.75. The van der Waals surface area contributed by atoms with Crippen LogP contribution >= 0.6 is 0 Å². The molecule has 0 radical (unpaired) electrons. The van der Waals surface area contributed by atoms with Gasteiger partial charge in [-0.25, -0.2) is 4.39 Å². The summed E-state index contributed by atoms with van der Waals surface area (Å²) in [6.07, 6.45) is 2.75. The largest absolute Gasteiger partial charge is 0.305 e. The zero-order valence-corrected chi connectivity index (χ0v) is 8.43. The fraction of sp³-hybridized carbons (Fsp3) is 0. The molecule has 80 valence electrons. The van der Waals surface area contributed by atoms with Gasteiger partial charge < -0.3 is 0 Å². The summed E-state index contributed by atoms with van der Waals surface area (Å²) in [6, 6.07) is 11.6. The number of amides is 1. The number of aromatic nitrogens is 1. The van der Waals surface area contributed by atoms with Gasteiger partial charge in [-0.05, 0) is 18.2 Å². The minimum Gasteiger partial charge on any atom is -0.264 e. The van der Waals surface area contributed by atoms with Crippen molar-refractivity contribution < 1.29 is 13.9 Å². The Kier molecular flexibility index (Phi) is 2.91. The zero-order valence-electron chi connectivity index (χ0n) is 8.43. The van der Waals surface area contributed by atoms with Crippen molar-refractivity contribution in [2.24, 2.45) is 0 Å². The second-order valence-corrected chi connectivity index (χ2v) is 3.24. The summed E-state index contributed by atoms with van der Waals surface area (Å²) in [6.45, 7) is 0. The number of benzene rings is 1. The fourth-order valence-corrected chi connectivity index (χ4v) is 1.29. The Morgan fingerprint density at radius 2 is 1.88 bits per heavy atom. The monoisotopic (exact) mass is 217 g/mol. The normalized spacial score (nSPS) is 9.81. The van der Waals surface area contributed by atoms with Crippen molar-refractivity contribution in [1.29, 1.82) is 0 Å². The van der Waals surface area contributed by atoms with Crippen LogP contribution in [0.2, 0.25) is 0 Å². The number of rotatable bonds is 2. The van der Waals surface area contributed by atoms with Crippen LogP contribution in [0.25, 0.3) is 0 Å². The molecule has 2 aromatic rings. The van der Waals surface area contributed by atoms with E-state index in [9.17, 15) is 9.18 Å². The van der Waals surface area contributed by atoms with Crippen molar-refractivity contribution >= 4 is 5.91 Å². The maximum Gasteiger partial charge on any atom is 0.305 e. The van der Waals surface area contributed by atoms with Gasteiger partial charge in [0.15, 0.2) is 12.0 Å². The molecule has 1 amide bonds. The van der Waals surface area contributed by atoms with Crippen LogP contribution in [0.3, 0.4) is 0 Å². The van der Waals surface area contributed by atoms with Gasteiger partial charge in [0.05, 0.1) is 0 Å². The summed E-state index contributed by atoms with van der Waals surface area (Å²) < 4.78 is 14.1. The third kappa shape index (κ3) is 2.42. The van der Waals surface area contributed by atoms with Gasteiger partial charge >= 0.3 is 5.91 Å². The predicted octanol–water partition coefficient (Wildman–Crippen LogP) is 1.50. The number of nitrogens with one attached hydrogen (secondary N) is 1. The van der Waals surface area contributed by atoms with Crippen LogP contribution in [0.5, 0.6) is 0 Å². The Morgan fingerprint density at radius 1 is 1.12 bits per heavy atom. The van der Waals surface area contributed by atoms with E-state index in [0.29, 0.717) is 5.56 Å². The number of pyridine rings is 1. The zero-order chi connectivity index (χ0) is 11.4. The number of halogens is 1. The molecule has 0 saturated carbocycles. The Hall–Kier alpha value is -2.23. The van der Waals surface area contributed by atoms with E-state index in [1.54, 1.807) is 30.5 Å². The lowest BCUT2D eigenvalue weighted by Crippen LogP contribution is -2.48.